The van der Waals surface area contributed by atoms with Crippen LogP contribution < -0.4 is 4.74 Å². The van der Waals surface area contributed by atoms with Gasteiger partial charge in [-0.3, -0.25) is 0 Å². The highest BCUT2D eigenvalue weighted by molar-refractivity contribution is 5.75. The van der Waals surface area contributed by atoms with Gasteiger partial charge >= 0.3 is 0 Å². The summed E-state index contributed by atoms with van der Waals surface area (Å²) in [4.78, 5) is 0. The van der Waals surface area contributed by atoms with Crippen molar-refractivity contribution in [3.05, 3.63) is 54.1 Å². The molecule has 0 aromatic heterocycles. The van der Waals surface area contributed by atoms with Crippen molar-refractivity contribution in [2.24, 2.45) is 0 Å². The van der Waals surface area contributed by atoms with Gasteiger partial charge in [0.25, 0.3) is 0 Å². The number of nitriles is 1. The molecule has 0 aliphatic heterocycles. The fourth-order valence-corrected chi connectivity index (χ4v) is 2.34. The van der Waals surface area contributed by atoms with Crippen LogP contribution in [0, 0.1) is 11.3 Å². The smallest absolute Gasteiger partial charge is 0.127 e. The molecule has 0 amide bonds. The summed E-state index contributed by atoms with van der Waals surface area (Å²) >= 11 is 0. The van der Waals surface area contributed by atoms with Crippen molar-refractivity contribution in [1.29, 1.82) is 5.26 Å². The maximum absolute atomic E-state index is 9.25. The highest BCUT2D eigenvalue weighted by Gasteiger charge is 2.09. The van der Waals surface area contributed by atoms with Crippen LogP contribution in [0.1, 0.15) is 38.2 Å². The molecule has 0 radical (unpaired) electrons. The van der Waals surface area contributed by atoms with Crippen LogP contribution in [0.4, 0.5) is 0 Å². The first-order valence-corrected chi connectivity index (χ1v) is 7.58. The SMILES string of the molecule is CCCCCCOc1ccccc1-c1ccccc1C#N. The Hall–Kier alpha value is -2.27. The van der Waals surface area contributed by atoms with Crippen molar-refractivity contribution in [3.63, 3.8) is 0 Å². The first-order valence-electron chi connectivity index (χ1n) is 7.58. The van der Waals surface area contributed by atoms with E-state index < -0.39 is 0 Å². The Morgan fingerprint density at radius 2 is 1.62 bits per heavy atom. The number of hydrogen-bond donors (Lipinski definition) is 0. The van der Waals surface area contributed by atoms with Crippen molar-refractivity contribution in [2.75, 3.05) is 6.61 Å². The van der Waals surface area contributed by atoms with Gasteiger partial charge in [-0.2, -0.15) is 5.26 Å². The molecule has 0 atom stereocenters. The summed E-state index contributed by atoms with van der Waals surface area (Å²) in [7, 11) is 0. The molecular weight excluding hydrogens is 258 g/mol. The van der Waals surface area contributed by atoms with Gasteiger partial charge in [0.2, 0.25) is 0 Å². The van der Waals surface area contributed by atoms with Crippen LogP contribution >= 0.6 is 0 Å². The number of hydrogen-bond acceptors (Lipinski definition) is 2. The Kier molecular flexibility index (Phi) is 5.84. The van der Waals surface area contributed by atoms with E-state index in [4.69, 9.17) is 4.74 Å². The van der Waals surface area contributed by atoms with E-state index in [2.05, 4.69) is 13.0 Å². The van der Waals surface area contributed by atoms with Gasteiger partial charge in [-0.25, -0.2) is 0 Å². The molecule has 0 N–H and O–H groups in total. The Morgan fingerprint density at radius 3 is 2.38 bits per heavy atom. The summed E-state index contributed by atoms with van der Waals surface area (Å²) in [5.41, 5.74) is 2.61. The summed E-state index contributed by atoms with van der Waals surface area (Å²) in [5, 5.41) is 9.25. The molecule has 0 heterocycles. The van der Waals surface area contributed by atoms with E-state index in [1.165, 1.54) is 19.3 Å². The van der Waals surface area contributed by atoms with Gasteiger partial charge in [0, 0.05) is 11.1 Å². The lowest BCUT2D eigenvalue weighted by atomic mass is 9.99. The predicted octanol–water partition coefficient (Wildman–Crippen LogP) is 5.18. The van der Waals surface area contributed by atoms with Crippen LogP contribution in [0.15, 0.2) is 48.5 Å². The number of benzene rings is 2. The minimum absolute atomic E-state index is 0.680. The summed E-state index contributed by atoms with van der Waals surface area (Å²) < 4.78 is 5.93. The van der Waals surface area contributed by atoms with Crippen molar-refractivity contribution < 1.29 is 4.74 Å². The largest absolute Gasteiger partial charge is 0.493 e. The number of rotatable bonds is 7. The Bertz CT molecular complexity index is 613. The topological polar surface area (TPSA) is 33.0 Å². The zero-order valence-electron chi connectivity index (χ0n) is 12.5. The molecule has 0 aliphatic rings. The first-order chi connectivity index (χ1) is 10.4. The summed E-state index contributed by atoms with van der Waals surface area (Å²) in [6.07, 6.45) is 4.75. The number of nitrogens with zero attached hydrogens (tertiary/aromatic N) is 1. The van der Waals surface area contributed by atoms with Crippen LogP contribution in [0.5, 0.6) is 5.75 Å². The Labute approximate surface area is 127 Å². The lowest BCUT2D eigenvalue weighted by molar-refractivity contribution is 0.306. The lowest BCUT2D eigenvalue weighted by Crippen LogP contribution is -1.99. The van der Waals surface area contributed by atoms with Crippen LogP contribution in [0.3, 0.4) is 0 Å². The lowest BCUT2D eigenvalue weighted by Gasteiger charge is -2.12. The van der Waals surface area contributed by atoms with Crippen LogP contribution in [-0.2, 0) is 0 Å². The standard InChI is InChI=1S/C19H21NO/c1-2-3-4-9-14-21-19-13-8-7-12-18(19)17-11-6-5-10-16(17)15-20/h5-8,10-13H,2-4,9,14H2,1H3. The molecule has 2 aromatic rings. The molecule has 0 saturated heterocycles. The normalized spacial score (nSPS) is 10.1. The zero-order chi connectivity index (χ0) is 14.9. The Morgan fingerprint density at radius 1 is 0.905 bits per heavy atom. The van der Waals surface area contributed by atoms with Gasteiger partial charge in [0.15, 0.2) is 0 Å². The Balaban J connectivity index is 2.15. The van der Waals surface area contributed by atoms with Crippen molar-refractivity contribution >= 4 is 0 Å². The van der Waals surface area contributed by atoms with Crippen LogP contribution in [0.2, 0.25) is 0 Å². The number of para-hydroxylation sites is 1. The van der Waals surface area contributed by atoms with Gasteiger partial charge in [0.1, 0.15) is 5.75 Å². The van der Waals surface area contributed by atoms with Crippen LogP contribution in [-0.4, -0.2) is 6.61 Å². The van der Waals surface area contributed by atoms with Gasteiger partial charge < -0.3 is 4.74 Å². The third kappa shape index (κ3) is 4.10. The van der Waals surface area contributed by atoms with E-state index in [9.17, 15) is 5.26 Å². The highest BCUT2D eigenvalue weighted by atomic mass is 16.5. The molecule has 0 aliphatic carbocycles. The van der Waals surface area contributed by atoms with E-state index in [1.807, 2.05) is 48.5 Å². The second-order valence-corrected chi connectivity index (χ2v) is 5.06. The van der Waals surface area contributed by atoms with Gasteiger partial charge in [0.05, 0.1) is 18.2 Å². The third-order valence-electron chi connectivity index (χ3n) is 3.48. The average molecular weight is 279 g/mol. The summed E-state index contributed by atoms with van der Waals surface area (Å²) in [6, 6.07) is 17.8. The van der Waals surface area contributed by atoms with E-state index >= 15 is 0 Å². The van der Waals surface area contributed by atoms with Gasteiger partial charge in [-0.1, -0.05) is 62.6 Å². The van der Waals surface area contributed by atoms with E-state index in [-0.39, 0.29) is 0 Å². The molecule has 0 spiro atoms. The van der Waals surface area contributed by atoms with Crippen LogP contribution in [0.25, 0.3) is 11.1 Å². The van der Waals surface area contributed by atoms with E-state index in [0.717, 1.165) is 29.9 Å². The summed E-state index contributed by atoms with van der Waals surface area (Å²) in [6.45, 7) is 2.93. The van der Waals surface area contributed by atoms with E-state index in [0.29, 0.717) is 5.56 Å². The number of unbranched alkanes of at least 4 members (excludes halogenated alkanes) is 3. The summed E-state index contributed by atoms with van der Waals surface area (Å²) in [5.74, 6) is 0.858. The molecule has 2 rings (SSSR count). The molecule has 0 fully saturated rings. The fourth-order valence-electron chi connectivity index (χ4n) is 2.34. The highest BCUT2D eigenvalue weighted by Crippen LogP contribution is 2.32. The quantitative estimate of drug-likeness (QED) is 0.654. The van der Waals surface area contributed by atoms with Gasteiger partial charge in [-0.15, -0.1) is 0 Å². The molecule has 108 valence electrons. The second-order valence-electron chi connectivity index (χ2n) is 5.06. The predicted molar refractivity (Wildman–Crippen MR) is 86.2 cm³/mol. The second kappa shape index (κ2) is 8.11. The molecule has 2 aromatic carbocycles. The van der Waals surface area contributed by atoms with Gasteiger partial charge in [-0.05, 0) is 18.6 Å². The maximum atomic E-state index is 9.25. The molecule has 2 nitrogen and oxygen atoms in total. The minimum Gasteiger partial charge on any atom is -0.493 e. The average Bonchev–Trinajstić information content (AvgIpc) is 2.55. The first kappa shape index (κ1) is 15.1. The monoisotopic (exact) mass is 279 g/mol. The van der Waals surface area contributed by atoms with Crippen molar-refractivity contribution in [2.45, 2.75) is 32.6 Å². The molecule has 0 saturated carbocycles. The number of ether oxygens (including phenoxy) is 1. The fraction of sp³-hybridized carbons (Fsp3) is 0.316. The van der Waals surface area contributed by atoms with E-state index in [1.54, 1.807) is 0 Å². The molecule has 0 bridgehead atoms. The molecule has 0 unspecified atom stereocenters. The molecular formula is C19H21NO. The molecule has 21 heavy (non-hydrogen) atoms. The zero-order valence-corrected chi connectivity index (χ0v) is 12.5. The molecule has 2 heteroatoms. The minimum atomic E-state index is 0.680. The van der Waals surface area contributed by atoms with Crippen molar-refractivity contribution in [1.82, 2.24) is 0 Å². The maximum Gasteiger partial charge on any atom is 0.127 e. The third-order valence-corrected chi connectivity index (χ3v) is 3.48. The van der Waals surface area contributed by atoms with Crippen molar-refractivity contribution in [3.8, 4) is 22.9 Å².